The summed E-state index contributed by atoms with van der Waals surface area (Å²) in [5.74, 6) is 0.861. The first-order chi connectivity index (χ1) is 11.3. The number of nitrogens with two attached hydrogens (primary N) is 1. The molecule has 138 valence electrons. The van der Waals surface area contributed by atoms with Gasteiger partial charge in [-0.25, -0.2) is 13.1 Å². The van der Waals surface area contributed by atoms with Crippen molar-refractivity contribution in [3.8, 4) is 11.5 Å². The van der Waals surface area contributed by atoms with Gasteiger partial charge in [0.15, 0.2) is 5.82 Å². The number of halogens is 1. The Balaban J connectivity index is 0.00000225. The molecule has 0 saturated heterocycles. The highest BCUT2D eigenvalue weighted by molar-refractivity contribution is 7.89. The van der Waals surface area contributed by atoms with Crippen LogP contribution in [0.25, 0.3) is 11.5 Å². The van der Waals surface area contributed by atoms with Gasteiger partial charge in [0, 0.05) is 11.6 Å². The van der Waals surface area contributed by atoms with Crippen LogP contribution < -0.4 is 10.5 Å². The molecule has 0 radical (unpaired) electrons. The van der Waals surface area contributed by atoms with E-state index in [0.717, 1.165) is 25.7 Å². The number of benzene rings is 1. The normalized spacial score (nSPS) is 17.4. The number of hydrogen-bond acceptors (Lipinski definition) is 6. The summed E-state index contributed by atoms with van der Waals surface area (Å²) < 4.78 is 32.4. The van der Waals surface area contributed by atoms with Crippen LogP contribution in [-0.2, 0) is 15.6 Å². The topological polar surface area (TPSA) is 111 Å². The molecule has 0 spiro atoms. The molecule has 1 saturated carbocycles. The van der Waals surface area contributed by atoms with Gasteiger partial charge < -0.3 is 10.3 Å². The maximum absolute atomic E-state index is 12.3. The Kier molecular flexibility index (Phi) is 5.88. The summed E-state index contributed by atoms with van der Waals surface area (Å²) in [5.41, 5.74) is 6.37. The second-order valence-corrected chi connectivity index (χ2v) is 8.10. The highest BCUT2D eigenvalue weighted by atomic mass is 35.5. The van der Waals surface area contributed by atoms with Crippen LogP contribution in [0.4, 0.5) is 0 Å². The third kappa shape index (κ3) is 4.03. The van der Waals surface area contributed by atoms with E-state index in [-0.39, 0.29) is 23.3 Å². The summed E-state index contributed by atoms with van der Waals surface area (Å²) >= 11 is 0. The van der Waals surface area contributed by atoms with Crippen molar-refractivity contribution >= 4 is 22.4 Å². The highest BCUT2D eigenvalue weighted by Crippen LogP contribution is 2.37. The molecule has 7 nitrogen and oxygen atoms in total. The maximum atomic E-state index is 12.3. The zero-order valence-electron chi connectivity index (χ0n) is 14.2. The molecule has 0 aliphatic heterocycles. The lowest BCUT2D eigenvalue weighted by molar-refractivity contribution is 0.229. The lowest BCUT2D eigenvalue weighted by Crippen LogP contribution is -2.44. The first-order valence-electron chi connectivity index (χ1n) is 8.10. The molecule has 0 amide bonds. The number of aromatic nitrogens is 2. The summed E-state index contributed by atoms with van der Waals surface area (Å²) in [6.45, 7) is 3.75. The molecule has 25 heavy (non-hydrogen) atoms. The van der Waals surface area contributed by atoms with Crippen molar-refractivity contribution in [1.82, 2.24) is 14.9 Å². The first-order valence-corrected chi connectivity index (χ1v) is 9.58. The van der Waals surface area contributed by atoms with Crippen LogP contribution in [0.1, 0.15) is 45.4 Å². The van der Waals surface area contributed by atoms with E-state index >= 15 is 0 Å². The first kappa shape index (κ1) is 19.8. The van der Waals surface area contributed by atoms with E-state index in [9.17, 15) is 8.42 Å². The van der Waals surface area contributed by atoms with Gasteiger partial charge in [-0.1, -0.05) is 12.1 Å². The smallest absolute Gasteiger partial charge is 0.257 e. The zero-order chi connectivity index (χ0) is 17.4. The lowest BCUT2D eigenvalue weighted by atomic mass is 9.77. The van der Waals surface area contributed by atoms with Gasteiger partial charge in [-0.2, -0.15) is 4.98 Å². The van der Waals surface area contributed by atoms with Crippen molar-refractivity contribution < 1.29 is 12.9 Å². The molecular weight excluding hydrogens is 364 g/mol. The molecule has 1 unspecified atom stereocenters. The van der Waals surface area contributed by atoms with Crippen molar-refractivity contribution in [3.63, 3.8) is 0 Å². The Morgan fingerprint density at radius 2 is 1.96 bits per heavy atom. The fourth-order valence-corrected chi connectivity index (χ4v) is 3.84. The summed E-state index contributed by atoms with van der Waals surface area (Å²) in [6, 6.07) is 6.27. The number of nitrogens with zero attached hydrogens (tertiary/aromatic N) is 2. The van der Waals surface area contributed by atoms with Crippen molar-refractivity contribution in [2.75, 3.05) is 0 Å². The number of hydrogen-bond donors (Lipinski definition) is 2. The largest absolute Gasteiger partial charge is 0.334 e. The van der Waals surface area contributed by atoms with E-state index in [2.05, 4.69) is 14.9 Å². The Morgan fingerprint density at radius 1 is 1.32 bits per heavy atom. The monoisotopic (exact) mass is 386 g/mol. The average Bonchev–Trinajstić information content (AvgIpc) is 3.02. The Hall–Kier alpha value is -1.48. The third-order valence-electron chi connectivity index (χ3n) is 4.50. The number of sulfonamides is 1. The van der Waals surface area contributed by atoms with Crippen LogP contribution in [0.2, 0.25) is 0 Å². The summed E-state index contributed by atoms with van der Waals surface area (Å²) in [5, 5.41) is 3.97. The van der Waals surface area contributed by atoms with Crippen molar-refractivity contribution in [3.05, 3.63) is 30.1 Å². The fraction of sp³-hybridized carbons (Fsp3) is 0.500. The standard InChI is InChI=1S/C16H22N4O3S.ClH/c1-3-11(2)20-24(21,22)13-7-5-12(6-8-13)14-18-15(19-23-14)16(17)9-4-10-16;/h5-8,11,20H,3-4,9-10,17H2,1-2H3;1H. The molecule has 0 bridgehead atoms. The van der Waals surface area contributed by atoms with Gasteiger partial charge >= 0.3 is 0 Å². The molecule has 1 fully saturated rings. The molecule has 1 aromatic carbocycles. The fourth-order valence-electron chi connectivity index (χ4n) is 2.52. The summed E-state index contributed by atoms with van der Waals surface area (Å²) in [6.07, 6.45) is 3.49. The van der Waals surface area contributed by atoms with Crippen molar-refractivity contribution in [1.29, 1.82) is 0 Å². The zero-order valence-corrected chi connectivity index (χ0v) is 15.9. The van der Waals surface area contributed by atoms with Crippen LogP contribution >= 0.6 is 12.4 Å². The molecule has 3 N–H and O–H groups in total. The molecule has 1 heterocycles. The van der Waals surface area contributed by atoms with Crippen LogP contribution in [0, 0.1) is 0 Å². The van der Waals surface area contributed by atoms with Crippen LogP contribution in [0.15, 0.2) is 33.7 Å². The van der Waals surface area contributed by atoms with E-state index in [1.165, 1.54) is 12.1 Å². The Labute approximate surface area is 153 Å². The minimum Gasteiger partial charge on any atom is -0.334 e. The molecule has 1 aliphatic rings. The maximum Gasteiger partial charge on any atom is 0.257 e. The summed E-state index contributed by atoms with van der Waals surface area (Å²) in [7, 11) is -3.52. The van der Waals surface area contributed by atoms with Crippen LogP contribution in [-0.4, -0.2) is 24.6 Å². The lowest BCUT2D eigenvalue weighted by Gasteiger charge is -2.34. The van der Waals surface area contributed by atoms with E-state index in [1.807, 2.05) is 13.8 Å². The van der Waals surface area contributed by atoms with Gasteiger partial charge in [-0.15, -0.1) is 12.4 Å². The van der Waals surface area contributed by atoms with E-state index in [4.69, 9.17) is 10.3 Å². The molecule has 1 aromatic heterocycles. The third-order valence-corrected chi connectivity index (χ3v) is 6.10. The van der Waals surface area contributed by atoms with Gasteiger partial charge in [0.25, 0.3) is 5.89 Å². The van der Waals surface area contributed by atoms with Gasteiger partial charge in [-0.05, 0) is 56.9 Å². The molecule has 9 heteroatoms. The predicted molar refractivity (Wildman–Crippen MR) is 96.8 cm³/mol. The van der Waals surface area contributed by atoms with E-state index < -0.39 is 15.6 Å². The number of rotatable bonds is 6. The van der Waals surface area contributed by atoms with E-state index in [0.29, 0.717) is 17.3 Å². The summed E-state index contributed by atoms with van der Waals surface area (Å²) in [4.78, 5) is 4.57. The molecule has 2 aromatic rings. The van der Waals surface area contributed by atoms with E-state index in [1.54, 1.807) is 12.1 Å². The van der Waals surface area contributed by atoms with Crippen molar-refractivity contribution in [2.24, 2.45) is 5.73 Å². The second-order valence-electron chi connectivity index (χ2n) is 6.39. The quantitative estimate of drug-likeness (QED) is 0.789. The SMILES string of the molecule is CCC(C)NS(=O)(=O)c1ccc(-c2nc(C3(N)CCC3)no2)cc1.Cl. The molecule has 1 aliphatic carbocycles. The Bertz CT molecular complexity index is 816. The van der Waals surface area contributed by atoms with Gasteiger partial charge in [-0.3, -0.25) is 0 Å². The second kappa shape index (κ2) is 7.41. The van der Waals surface area contributed by atoms with Gasteiger partial charge in [0.05, 0.1) is 10.4 Å². The van der Waals surface area contributed by atoms with Crippen LogP contribution in [0.5, 0.6) is 0 Å². The predicted octanol–water partition coefficient (Wildman–Crippen LogP) is 2.57. The number of nitrogens with one attached hydrogen (secondary N) is 1. The average molecular weight is 387 g/mol. The molecule has 1 atom stereocenters. The van der Waals surface area contributed by atoms with Gasteiger partial charge in [0.1, 0.15) is 0 Å². The highest BCUT2D eigenvalue weighted by Gasteiger charge is 2.39. The molecular formula is C16H23ClN4O3S. The van der Waals surface area contributed by atoms with Gasteiger partial charge in [0.2, 0.25) is 10.0 Å². The minimum atomic E-state index is -3.52. The van der Waals surface area contributed by atoms with Crippen molar-refractivity contribution in [2.45, 2.75) is 56.0 Å². The minimum absolute atomic E-state index is 0. The Morgan fingerprint density at radius 3 is 2.48 bits per heavy atom. The molecule has 3 rings (SSSR count). The van der Waals surface area contributed by atoms with Crippen LogP contribution in [0.3, 0.4) is 0 Å².